The van der Waals surface area contributed by atoms with Crippen LogP contribution in [0.2, 0.25) is 0 Å². The minimum absolute atomic E-state index is 0.0812. The second-order valence-electron chi connectivity index (χ2n) is 7.66. The van der Waals surface area contributed by atoms with Crippen LogP contribution in [0.15, 0.2) is 0 Å². The smallest absolute Gasteiger partial charge is 0.410 e. The molecule has 1 saturated carbocycles. The molecule has 1 heterocycles. The van der Waals surface area contributed by atoms with E-state index >= 15 is 0 Å². The van der Waals surface area contributed by atoms with Crippen molar-refractivity contribution in [3.05, 3.63) is 0 Å². The zero-order chi connectivity index (χ0) is 16.5. The first-order valence-electron chi connectivity index (χ1n) is 8.15. The fourth-order valence-corrected chi connectivity index (χ4v) is 3.70. The quantitative estimate of drug-likeness (QED) is 0.815. The lowest BCUT2D eigenvalue weighted by Crippen LogP contribution is -2.54. The Kier molecular flexibility index (Phi) is 5.00. The highest BCUT2D eigenvalue weighted by Gasteiger charge is 2.41. The zero-order valence-corrected chi connectivity index (χ0v) is 13.7. The molecule has 6 heteroatoms. The standard InChI is InChI=1S/C16H28N2O4/c1-16(2,3)11-5-4-6-13(11)22-15(21)18-8-7-10(17)9-12(18)14(19)20/h10-13H,4-9,17H2,1-3H3,(H,19,20)/t10?,11?,12-,13?/m0/s1. The molecular formula is C16H28N2O4. The monoisotopic (exact) mass is 312 g/mol. The first kappa shape index (κ1) is 17.1. The van der Waals surface area contributed by atoms with Crippen molar-refractivity contribution in [1.82, 2.24) is 4.90 Å². The van der Waals surface area contributed by atoms with Crippen molar-refractivity contribution in [2.45, 2.75) is 71.1 Å². The van der Waals surface area contributed by atoms with Crippen LogP contribution in [0.1, 0.15) is 52.9 Å². The third-order valence-electron chi connectivity index (χ3n) is 4.98. The molecule has 2 fully saturated rings. The van der Waals surface area contributed by atoms with Gasteiger partial charge in [-0.3, -0.25) is 4.90 Å². The number of nitrogens with zero attached hydrogens (tertiary/aromatic N) is 1. The van der Waals surface area contributed by atoms with Gasteiger partial charge in [-0.15, -0.1) is 0 Å². The van der Waals surface area contributed by atoms with E-state index in [9.17, 15) is 14.7 Å². The molecule has 0 aromatic carbocycles. The number of amides is 1. The molecule has 2 aliphatic rings. The number of hydrogen-bond donors (Lipinski definition) is 2. The van der Waals surface area contributed by atoms with E-state index in [1.165, 1.54) is 4.90 Å². The van der Waals surface area contributed by atoms with E-state index in [0.29, 0.717) is 18.9 Å². The van der Waals surface area contributed by atoms with Crippen LogP contribution < -0.4 is 5.73 Å². The van der Waals surface area contributed by atoms with Crippen LogP contribution in [-0.2, 0) is 9.53 Å². The number of piperidine rings is 1. The summed E-state index contributed by atoms with van der Waals surface area (Å²) in [4.78, 5) is 25.2. The topological polar surface area (TPSA) is 92.9 Å². The van der Waals surface area contributed by atoms with Gasteiger partial charge in [0.2, 0.25) is 0 Å². The van der Waals surface area contributed by atoms with Gasteiger partial charge in [0.1, 0.15) is 12.1 Å². The largest absolute Gasteiger partial charge is 0.480 e. The maximum absolute atomic E-state index is 12.4. The van der Waals surface area contributed by atoms with Gasteiger partial charge in [-0.1, -0.05) is 20.8 Å². The van der Waals surface area contributed by atoms with Crippen molar-refractivity contribution >= 4 is 12.1 Å². The molecule has 3 unspecified atom stereocenters. The number of hydrogen-bond acceptors (Lipinski definition) is 4. The molecule has 6 nitrogen and oxygen atoms in total. The number of carbonyl (C=O) groups excluding carboxylic acids is 1. The van der Waals surface area contributed by atoms with Gasteiger partial charge in [0, 0.05) is 18.5 Å². The molecule has 4 atom stereocenters. The molecule has 0 aromatic rings. The highest BCUT2D eigenvalue weighted by atomic mass is 16.6. The summed E-state index contributed by atoms with van der Waals surface area (Å²) < 4.78 is 5.69. The van der Waals surface area contributed by atoms with Crippen LogP contribution in [0.4, 0.5) is 4.79 Å². The van der Waals surface area contributed by atoms with Crippen LogP contribution in [0.5, 0.6) is 0 Å². The Morgan fingerprint density at radius 2 is 1.91 bits per heavy atom. The summed E-state index contributed by atoms with van der Waals surface area (Å²) in [5, 5.41) is 9.31. The predicted octanol–water partition coefficient (Wildman–Crippen LogP) is 2.21. The number of carbonyl (C=O) groups is 2. The Balaban J connectivity index is 2.03. The van der Waals surface area contributed by atoms with Crippen molar-refractivity contribution in [3.8, 4) is 0 Å². The molecule has 1 aliphatic carbocycles. The zero-order valence-electron chi connectivity index (χ0n) is 13.7. The highest BCUT2D eigenvalue weighted by Crippen LogP contribution is 2.41. The second-order valence-corrected chi connectivity index (χ2v) is 7.66. The summed E-state index contributed by atoms with van der Waals surface area (Å²) >= 11 is 0. The molecule has 0 radical (unpaired) electrons. The van der Waals surface area contributed by atoms with E-state index < -0.39 is 18.1 Å². The molecule has 3 N–H and O–H groups in total. The summed E-state index contributed by atoms with van der Waals surface area (Å²) in [5.41, 5.74) is 5.91. The average Bonchev–Trinajstić information content (AvgIpc) is 2.86. The van der Waals surface area contributed by atoms with Crippen molar-refractivity contribution in [3.63, 3.8) is 0 Å². The normalized spacial score (nSPS) is 32.8. The van der Waals surface area contributed by atoms with E-state index in [1.54, 1.807) is 0 Å². The summed E-state index contributed by atoms with van der Waals surface area (Å²) in [5.74, 6) is -0.683. The molecule has 1 saturated heterocycles. The van der Waals surface area contributed by atoms with E-state index in [1.807, 2.05) is 0 Å². The Bertz CT molecular complexity index is 432. The SMILES string of the molecule is CC(C)(C)C1CCCC1OC(=O)N1CCC(N)C[C@H]1C(=O)O. The Labute approximate surface area is 132 Å². The first-order chi connectivity index (χ1) is 10.2. The predicted molar refractivity (Wildman–Crippen MR) is 82.4 cm³/mol. The molecule has 0 bridgehead atoms. The lowest BCUT2D eigenvalue weighted by atomic mass is 9.78. The highest BCUT2D eigenvalue weighted by molar-refractivity contribution is 5.80. The fourth-order valence-electron chi connectivity index (χ4n) is 3.70. The molecule has 1 aliphatic heterocycles. The van der Waals surface area contributed by atoms with Crippen molar-refractivity contribution in [1.29, 1.82) is 0 Å². The minimum Gasteiger partial charge on any atom is -0.480 e. The minimum atomic E-state index is -1.01. The van der Waals surface area contributed by atoms with Gasteiger partial charge < -0.3 is 15.6 Å². The maximum atomic E-state index is 12.4. The van der Waals surface area contributed by atoms with E-state index in [0.717, 1.165) is 19.3 Å². The van der Waals surface area contributed by atoms with E-state index in [4.69, 9.17) is 10.5 Å². The van der Waals surface area contributed by atoms with E-state index in [2.05, 4.69) is 20.8 Å². The van der Waals surface area contributed by atoms with Gasteiger partial charge in [-0.2, -0.15) is 0 Å². The van der Waals surface area contributed by atoms with Crippen molar-refractivity contribution in [2.75, 3.05) is 6.54 Å². The van der Waals surface area contributed by atoms with E-state index in [-0.39, 0.29) is 24.0 Å². The Morgan fingerprint density at radius 1 is 1.23 bits per heavy atom. The van der Waals surface area contributed by atoms with Crippen LogP contribution >= 0.6 is 0 Å². The molecule has 22 heavy (non-hydrogen) atoms. The molecule has 126 valence electrons. The third kappa shape index (κ3) is 3.72. The number of carboxylic acids is 1. The molecule has 2 rings (SSSR count). The van der Waals surface area contributed by atoms with Gasteiger partial charge >= 0.3 is 12.1 Å². The molecule has 0 aromatic heterocycles. The van der Waals surface area contributed by atoms with Gasteiger partial charge in [-0.25, -0.2) is 9.59 Å². The second kappa shape index (κ2) is 6.44. The number of aliphatic carboxylic acids is 1. The fraction of sp³-hybridized carbons (Fsp3) is 0.875. The Hall–Kier alpha value is -1.30. The number of ether oxygens (including phenoxy) is 1. The maximum Gasteiger partial charge on any atom is 0.410 e. The van der Waals surface area contributed by atoms with Crippen molar-refractivity contribution in [2.24, 2.45) is 17.1 Å². The lowest BCUT2D eigenvalue weighted by Gasteiger charge is -2.37. The summed E-state index contributed by atoms with van der Waals surface area (Å²) in [7, 11) is 0. The van der Waals surface area contributed by atoms with Gasteiger partial charge in [0.15, 0.2) is 0 Å². The Morgan fingerprint density at radius 3 is 2.50 bits per heavy atom. The summed E-state index contributed by atoms with van der Waals surface area (Å²) in [6.45, 7) is 6.82. The van der Waals surface area contributed by atoms with Crippen LogP contribution in [-0.4, -0.2) is 46.8 Å². The van der Waals surface area contributed by atoms with Crippen molar-refractivity contribution < 1.29 is 19.4 Å². The summed E-state index contributed by atoms with van der Waals surface area (Å²) in [6, 6.07) is -1.04. The number of likely N-dealkylation sites (tertiary alicyclic amines) is 1. The number of nitrogens with two attached hydrogens (primary N) is 1. The van der Waals surface area contributed by atoms with Gasteiger partial charge in [-0.05, 0) is 37.5 Å². The van der Waals surface area contributed by atoms with Crippen LogP contribution in [0.3, 0.4) is 0 Å². The third-order valence-corrected chi connectivity index (χ3v) is 4.98. The van der Waals surface area contributed by atoms with Gasteiger partial charge in [0.25, 0.3) is 0 Å². The van der Waals surface area contributed by atoms with Crippen LogP contribution in [0.25, 0.3) is 0 Å². The summed E-state index contributed by atoms with van der Waals surface area (Å²) in [6.07, 6.45) is 3.25. The average molecular weight is 312 g/mol. The lowest BCUT2D eigenvalue weighted by molar-refractivity contribution is -0.144. The van der Waals surface area contributed by atoms with Crippen LogP contribution in [0, 0.1) is 11.3 Å². The first-order valence-corrected chi connectivity index (χ1v) is 8.15. The van der Waals surface area contributed by atoms with Gasteiger partial charge in [0.05, 0.1) is 0 Å². The molecule has 1 amide bonds. The number of carboxylic acid groups (broad SMARTS) is 1. The number of rotatable bonds is 2. The molecular weight excluding hydrogens is 284 g/mol. The molecule has 0 spiro atoms.